The Bertz CT molecular complexity index is 983. The lowest BCUT2D eigenvalue weighted by Crippen LogP contribution is -2.40. The zero-order chi connectivity index (χ0) is 18.7. The first-order valence-electron chi connectivity index (χ1n) is 8.44. The molecule has 0 spiro atoms. The van der Waals surface area contributed by atoms with Gasteiger partial charge >= 0.3 is 0 Å². The van der Waals surface area contributed by atoms with E-state index >= 15 is 0 Å². The minimum atomic E-state index is -0.452. The van der Waals surface area contributed by atoms with E-state index in [0.29, 0.717) is 11.9 Å². The maximum atomic E-state index is 13.3. The summed E-state index contributed by atoms with van der Waals surface area (Å²) in [6, 6.07) is 13.5. The zero-order valence-electron chi connectivity index (χ0n) is 14.7. The third-order valence-electron chi connectivity index (χ3n) is 4.23. The first-order valence-corrected chi connectivity index (χ1v) is 8.44. The number of fused-ring (bicyclic) bond motifs is 1. The molecule has 1 amide bonds. The Balaban J connectivity index is 1.85. The van der Waals surface area contributed by atoms with Gasteiger partial charge in [-0.05, 0) is 31.5 Å². The highest BCUT2D eigenvalue weighted by Crippen LogP contribution is 2.11. The van der Waals surface area contributed by atoms with Gasteiger partial charge in [-0.25, -0.2) is 9.37 Å². The van der Waals surface area contributed by atoms with E-state index in [4.69, 9.17) is 0 Å². The summed E-state index contributed by atoms with van der Waals surface area (Å²) in [6.07, 6.45) is 1.29. The topological polar surface area (TPSA) is 55.2 Å². The van der Waals surface area contributed by atoms with Gasteiger partial charge in [-0.15, -0.1) is 0 Å². The second-order valence-corrected chi connectivity index (χ2v) is 6.44. The largest absolute Gasteiger partial charge is 0.334 e. The van der Waals surface area contributed by atoms with Gasteiger partial charge in [0.05, 0.1) is 17.2 Å². The summed E-state index contributed by atoms with van der Waals surface area (Å²) >= 11 is 0. The van der Waals surface area contributed by atoms with E-state index in [1.54, 1.807) is 4.90 Å². The maximum absolute atomic E-state index is 13.3. The molecule has 0 aliphatic heterocycles. The van der Waals surface area contributed by atoms with Gasteiger partial charge in [0.2, 0.25) is 5.91 Å². The van der Waals surface area contributed by atoms with Gasteiger partial charge < -0.3 is 4.90 Å². The van der Waals surface area contributed by atoms with Crippen LogP contribution in [0.15, 0.2) is 59.7 Å². The molecular formula is C20H20FN3O2. The second-order valence-electron chi connectivity index (χ2n) is 6.44. The Hall–Kier alpha value is -3.02. The number of nitrogens with zero attached hydrogens (tertiary/aromatic N) is 3. The molecule has 26 heavy (non-hydrogen) atoms. The molecule has 2 aromatic carbocycles. The number of rotatable bonds is 5. The fourth-order valence-electron chi connectivity index (χ4n) is 2.82. The second kappa shape index (κ2) is 7.47. The molecule has 1 heterocycles. The molecule has 134 valence electrons. The summed E-state index contributed by atoms with van der Waals surface area (Å²) < 4.78 is 14.5. The van der Waals surface area contributed by atoms with Crippen LogP contribution in [-0.4, -0.2) is 26.4 Å². The first kappa shape index (κ1) is 17.8. The van der Waals surface area contributed by atoms with Crippen molar-refractivity contribution in [1.82, 2.24) is 14.5 Å². The van der Waals surface area contributed by atoms with Crippen LogP contribution in [0.3, 0.4) is 0 Å². The summed E-state index contributed by atoms with van der Waals surface area (Å²) in [4.78, 5) is 31.2. The lowest BCUT2D eigenvalue weighted by atomic mass is 10.2. The van der Waals surface area contributed by atoms with Gasteiger partial charge in [0.1, 0.15) is 12.4 Å². The molecule has 0 atom stereocenters. The van der Waals surface area contributed by atoms with E-state index in [9.17, 15) is 14.0 Å². The van der Waals surface area contributed by atoms with Crippen molar-refractivity contribution in [3.05, 3.63) is 76.6 Å². The Morgan fingerprint density at radius 1 is 1.19 bits per heavy atom. The molecule has 1 aromatic heterocycles. The van der Waals surface area contributed by atoms with Gasteiger partial charge in [0, 0.05) is 18.7 Å². The molecule has 0 radical (unpaired) electrons. The monoisotopic (exact) mass is 353 g/mol. The summed E-state index contributed by atoms with van der Waals surface area (Å²) in [5.74, 6) is -0.624. The number of halogens is 1. The molecule has 0 saturated carbocycles. The quantitative estimate of drug-likeness (QED) is 0.709. The molecule has 0 saturated heterocycles. The van der Waals surface area contributed by atoms with Crippen molar-refractivity contribution in [2.45, 2.75) is 33.0 Å². The normalized spacial score (nSPS) is 11.1. The number of hydrogen-bond acceptors (Lipinski definition) is 3. The van der Waals surface area contributed by atoms with Crippen LogP contribution in [0.25, 0.3) is 10.9 Å². The molecular weight excluding hydrogens is 333 g/mol. The number of benzene rings is 2. The smallest absolute Gasteiger partial charge is 0.261 e. The maximum Gasteiger partial charge on any atom is 0.261 e. The fraction of sp³-hybridized carbons (Fsp3) is 0.250. The van der Waals surface area contributed by atoms with E-state index in [0.717, 1.165) is 5.56 Å². The van der Waals surface area contributed by atoms with Crippen LogP contribution in [-0.2, 0) is 17.9 Å². The van der Waals surface area contributed by atoms with Crippen molar-refractivity contribution < 1.29 is 9.18 Å². The molecule has 3 aromatic rings. The van der Waals surface area contributed by atoms with Gasteiger partial charge in [0.25, 0.3) is 5.56 Å². The Kier molecular flexibility index (Phi) is 5.11. The predicted molar refractivity (Wildman–Crippen MR) is 98.1 cm³/mol. The standard InChI is InChI=1S/C20H20FN3O2/c1-14(2)24(11-15-6-4-3-5-7-15)19(25)12-23-13-22-18-10-16(21)8-9-17(18)20(23)26/h3-10,13-14H,11-12H2,1-2H3. The molecule has 3 rings (SSSR count). The Morgan fingerprint density at radius 2 is 1.92 bits per heavy atom. The molecule has 0 unspecified atom stereocenters. The van der Waals surface area contributed by atoms with E-state index in [-0.39, 0.29) is 29.6 Å². The van der Waals surface area contributed by atoms with Gasteiger partial charge in [-0.3, -0.25) is 14.2 Å². The number of hydrogen-bond donors (Lipinski definition) is 0. The Morgan fingerprint density at radius 3 is 2.62 bits per heavy atom. The van der Waals surface area contributed by atoms with Crippen LogP contribution < -0.4 is 5.56 Å². The molecule has 5 nitrogen and oxygen atoms in total. The van der Waals surface area contributed by atoms with Crippen LogP contribution >= 0.6 is 0 Å². The number of aromatic nitrogens is 2. The predicted octanol–water partition coefficient (Wildman–Crippen LogP) is 2.97. The summed E-state index contributed by atoms with van der Waals surface area (Å²) in [5.41, 5.74) is 0.949. The lowest BCUT2D eigenvalue weighted by molar-refractivity contribution is -0.134. The minimum absolute atomic E-state index is 0.0130. The van der Waals surface area contributed by atoms with Gasteiger partial charge in [-0.1, -0.05) is 30.3 Å². The fourth-order valence-corrected chi connectivity index (χ4v) is 2.82. The number of amides is 1. The zero-order valence-corrected chi connectivity index (χ0v) is 14.7. The minimum Gasteiger partial charge on any atom is -0.334 e. The Labute approximate surface area is 150 Å². The first-order chi connectivity index (χ1) is 12.5. The van der Waals surface area contributed by atoms with E-state index in [1.807, 2.05) is 44.2 Å². The van der Waals surface area contributed by atoms with Crippen LogP contribution in [0.2, 0.25) is 0 Å². The van der Waals surface area contributed by atoms with E-state index < -0.39 is 5.82 Å². The molecule has 0 aliphatic carbocycles. The van der Waals surface area contributed by atoms with Crippen molar-refractivity contribution in [2.75, 3.05) is 0 Å². The average molecular weight is 353 g/mol. The van der Waals surface area contributed by atoms with Crippen LogP contribution in [0.4, 0.5) is 4.39 Å². The highest BCUT2D eigenvalue weighted by atomic mass is 19.1. The molecule has 0 fully saturated rings. The third-order valence-corrected chi connectivity index (χ3v) is 4.23. The van der Waals surface area contributed by atoms with Gasteiger partial charge in [-0.2, -0.15) is 0 Å². The SMILES string of the molecule is CC(C)N(Cc1ccccc1)C(=O)Cn1cnc2cc(F)ccc2c1=O. The van der Waals surface area contributed by atoms with E-state index in [2.05, 4.69) is 4.98 Å². The van der Waals surface area contributed by atoms with Crippen molar-refractivity contribution in [3.8, 4) is 0 Å². The van der Waals surface area contributed by atoms with Crippen LogP contribution in [0.5, 0.6) is 0 Å². The van der Waals surface area contributed by atoms with Crippen molar-refractivity contribution in [3.63, 3.8) is 0 Å². The van der Waals surface area contributed by atoms with E-state index in [1.165, 1.54) is 29.1 Å². The van der Waals surface area contributed by atoms with Crippen molar-refractivity contribution >= 4 is 16.8 Å². The number of carbonyl (C=O) groups excluding carboxylic acids is 1. The van der Waals surface area contributed by atoms with Crippen LogP contribution in [0, 0.1) is 5.82 Å². The van der Waals surface area contributed by atoms with Crippen molar-refractivity contribution in [2.24, 2.45) is 0 Å². The summed E-state index contributed by atoms with van der Waals surface area (Å²) in [6.45, 7) is 4.23. The average Bonchev–Trinajstić information content (AvgIpc) is 2.62. The lowest BCUT2D eigenvalue weighted by Gasteiger charge is -2.27. The summed E-state index contributed by atoms with van der Waals surface area (Å²) in [5, 5.41) is 0.292. The molecule has 6 heteroatoms. The molecule has 0 N–H and O–H groups in total. The third kappa shape index (κ3) is 3.79. The van der Waals surface area contributed by atoms with Crippen molar-refractivity contribution in [1.29, 1.82) is 0 Å². The highest BCUT2D eigenvalue weighted by Gasteiger charge is 2.19. The van der Waals surface area contributed by atoms with Gasteiger partial charge in [0.15, 0.2) is 0 Å². The number of carbonyl (C=O) groups is 1. The highest BCUT2D eigenvalue weighted by molar-refractivity contribution is 5.79. The molecule has 0 bridgehead atoms. The summed E-state index contributed by atoms with van der Waals surface area (Å²) in [7, 11) is 0. The van der Waals surface area contributed by atoms with Crippen LogP contribution in [0.1, 0.15) is 19.4 Å². The molecule has 0 aliphatic rings.